The molecule has 0 bridgehead atoms. The lowest BCUT2D eigenvalue weighted by molar-refractivity contribution is -0.0996. The maximum Gasteiger partial charge on any atom is 0.169 e. The molecule has 3 nitrogen and oxygen atoms in total. The standard InChI is InChI=1S/C13H19F2NO2/c1-9(16-8-13(17-2)18-3)7-10-11(14)5-4-6-12(10)15/h4-6,9,13,16H,7-8H2,1-3H3. The molecule has 0 aliphatic rings. The van der Waals surface area contributed by atoms with Gasteiger partial charge < -0.3 is 14.8 Å². The average molecular weight is 259 g/mol. The highest BCUT2D eigenvalue weighted by atomic mass is 19.1. The molecule has 0 amide bonds. The van der Waals surface area contributed by atoms with Gasteiger partial charge in [-0.15, -0.1) is 0 Å². The molecule has 1 rings (SSSR count). The second-order valence-corrected chi connectivity index (χ2v) is 4.11. The van der Waals surface area contributed by atoms with E-state index in [9.17, 15) is 8.78 Å². The molecule has 0 saturated carbocycles. The van der Waals surface area contributed by atoms with Gasteiger partial charge in [0.05, 0.1) is 0 Å². The highest BCUT2D eigenvalue weighted by Gasteiger charge is 2.13. The maximum atomic E-state index is 13.4. The number of ether oxygens (including phenoxy) is 2. The third-order valence-corrected chi connectivity index (χ3v) is 2.73. The first kappa shape index (κ1) is 15.0. The Morgan fingerprint density at radius 2 is 1.72 bits per heavy atom. The van der Waals surface area contributed by atoms with Gasteiger partial charge in [-0.25, -0.2) is 8.78 Å². The monoisotopic (exact) mass is 259 g/mol. The molecule has 5 heteroatoms. The van der Waals surface area contributed by atoms with E-state index in [1.54, 1.807) is 0 Å². The van der Waals surface area contributed by atoms with Gasteiger partial charge in [0, 0.05) is 32.4 Å². The highest BCUT2D eigenvalue weighted by molar-refractivity contribution is 5.20. The highest BCUT2D eigenvalue weighted by Crippen LogP contribution is 2.14. The fraction of sp³-hybridized carbons (Fsp3) is 0.538. The van der Waals surface area contributed by atoms with E-state index in [1.165, 1.54) is 32.4 Å². The average Bonchev–Trinajstić information content (AvgIpc) is 2.35. The number of rotatable bonds is 7. The Hall–Kier alpha value is -1.04. The van der Waals surface area contributed by atoms with Crippen LogP contribution in [0.3, 0.4) is 0 Å². The van der Waals surface area contributed by atoms with Gasteiger partial charge in [-0.05, 0) is 25.5 Å². The Balaban J connectivity index is 2.52. The fourth-order valence-electron chi connectivity index (χ4n) is 1.67. The number of hydrogen-bond donors (Lipinski definition) is 1. The van der Waals surface area contributed by atoms with Crippen LogP contribution in [0.2, 0.25) is 0 Å². The lowest BCUT2D eigenvalue weighted by atomic mass is 10.1. The van der Waals surface area contributed by atoms with Gasteiger partial charge >= 0.3 is 0 Å². The van der Waals surface area contributed by atoms with Crippen LogP contribution < -0.4 is 5.32 Å². The van der Waals surface area contributed by atoms with Crippen molar-refractivity contribution in [3.05, 3.63) is 35.4 Å². The van der Waals surface area contributed by atoms with Gasteiger partial charge in [0.25, 0.3) is 0 Å². The van der Waals surface area contributed by atoms with Crippen LogP contribution in [0.1, 0.15) is 12.5 Å². The second-order valence-electron chi connectivity index (χ2n) is 4.11. The Morgan fingerprint density at radius 1 is 1.17 bits per heavy atom. The third-order valence-electron chi connectivity index (χ3n) is 2.73. The zero-order valence-electron chi connectivity index (χ0n) is 10.9. The van der Waals surface area contributed by atoms with Gasteiger partial charge in [0.2, 0.25) is 0 Å². The van der Waals surface area contributed by atoms with Crippen LogP contribution in [-0.2, 0) is 15.9 Å². The topological polar surface area (TPSA) is 30.5 Å². The molecule has 0 fully saturated rings. The van der Waals surface area contributed by atoms with Crippen molar-refractivity contribution in [3.8, 4) is 0 Å². The lowest BCUT2D eigenvalue weighted by Crippen LogP contribution is -2.37. The molecule has 0 aliphatic heterocycles. The van der Waals surface area contributed by atoms with Crippen LogP contribution in [0.15, 0.2) is 18.2 Å². The van der Waals surface area contributed by atoms with Crippen molar-refractivity contribution >= 4 is 0 Å². The van der Waals surface area contributed by atoms with E-state index >= 15 is 0 Å². The molecule has 0 spiro atoms. The summed E-state index contributed by atoms with van der Waals surface area (Å²) < 4.78 is 36.9. The zero-order chi connectivity index (χ0) is 13.5. The van der Waals surface area contributed by atoms with E-state index in [0.717, 1.165) is 0 Å². The third kappa shape index (κ3) is 4.33. The molecule has 0 heterocycles. The van der Waals surface area contributed by atoms with Gasteiger partial charge in [-0.1, -0.05) is 6.07 Å². The summed E-state index contributed by atoms with van der Waals surface area (Å²) in [6, 6.07) is 3.80. The Kier molecular flexibility index (Phi) is 6.18. The number of methoxy groups -OCH3 is 2. The summed E-state index contributed by atoms with van der Waals surface area (Å²) in [4.78, 5) is 0. The van der Waals surface area contributed by atoms with Crippen molar-refractivity contribution in [1.82, 2.24) is 5.32 Å². The van der Waals surface area contributed by atoms with Crippen molar-refractivity contribution < 1.29 is 18.3 Å². The molecular formula is C13H19F2NO2. The van der Waals surface area contributed by atoms with Crippen molar-refractivity contribution in [2.45, 2.75) is 25.7 Å². The molecule has 0 aliphatic carbocycles. The van der Waals surface area contributed by atoms with E-state index in [1.807, 2.05) is 6.92 Å². The molecule has 1 unspecified atom stereocenters. The molecule has 1 atom stereocenters. The number of hydrogen-bond acceptors (Lipinski definition) is 3. The summed E-state index contributed by atoms with van der Waals surface area (Å²) in [5, 5.41) is 3.10. The van der Waals surface area contributed by atoms with Crippen LogP contribution in [0.4, 0.5) is 8.78 Å². The van der Waals surface area contributed by atoms with Gasteiger partial charge in [0.1, 0.15) is 11.6 Å². The summed E-state index contributed by atoms with van der Waals surface area (Å²) in [5.41, 5.74) is 0.101. The minimum atomic E-state index is -0.515. The molecule has 102 valence electrons. The van der Waals surface area contributed by atoms with E-state index in [-0.39, 0.29) is 24.3 Å². The second kappa shape index (κ2) is 7.41. The molecule has 1 N–H and O–H groups in total. The normalized spacial score (nSPS) is 13.0. The fourth-order valence-corrected chi connectivity index (χ4v) is 1.67. The van der Waals surface area contributed by atoms with Crippen molar-refractivity contribution in [1.29, 1.82) is 0 Å². The van der Waals surface area contributed by atoms with Gasteiger partial charge in [-0.3, -0.25) is 0 Å². The minimum Gasteiger partial charge on any atom is -0.355 e. The zero-order valence-corrected chi connectivity index (χ0v) is 10.9. The number of benzene rings is 1. The Labute approximate surface area is 106 Å². The summed E-state index contributed by atoms with van der Waals surface area (Å²) in [7, 11) is 3.08. The lowest BCUT2D eigenvalue weighted by Gasteiger charge is -2.19. The summed E-state index contributed by atoms with van der Waals surface area (Å²) in [6.45, 7) is 2.32. The van der Waals surface area contributed by atoms with Crippen molar-refractivity contribution in [2.75, 3.05) is 20.8 Å². The number of halogens is 2. The molecule has 1 aromatic rings. The van der Waals surface area contributed by atoms with Crippen LogP contribution in [0.25, 0.3) is 0 Å². The molecule has 1 aromatic carbocycles. The first-order chi connectivity index (χ1) is 8.58. The maximum absolute atomic E-state index is 13.4. The van der Waals surface area contributed by atoms with Gasteiger partial charge in [-0.2, -0.15) is 0 Å². The number of nitrogens with one attached hydrogen (secondary N) is 1. The Morgan fingerprint density at radius 3 is 2.22 bits per heavy atom. The van der Waals surface area contributed by atoms with E-state index in [0.29, 0.717) is 6.54 Å². The van der Waals surface area contributed by atoms with Gasteiger partial charge in [0.15, 0.2) is 6.29 Å². The smallest absolute Gasteiger partial charge is 0.169 e. The van der Waals surface area contributed by atoms with Crippen LogP contribution in [0.5, 0.6) is 0 Å². The molecule has 0 radical (unpaired) electrons. The molecule has 0 aromatic heterocycles. The summed E-state index contributed by atoms with van der Waals surface area (Å²) in [5.74, 6) is -1.03. The molecule has 0 saturated heterocycles. The van der Waals surface area contributed by atoms with Crippen LogP contribution in [0, 0.1) is 11.6 Å². The molecular weight excluding hydrogens is 240 g/mol. The molecule has 18 heavy (non-hydrogen) atoms. The minimum absolute atomic E-state index is 0.0794. The quantitative estimate of drug-likeness (QED) is 0.761. The van der Waals surface area contributed by atoms with E-state index in [2.05, 4.69) is 5.32 Å². The largest absolute Gasteiger partial charge is 0.355 e. The predicted molar refractivity (Wildman–Crippen MR) is 65.3 cm³/mol. The first-order valence-corrected chi connectivity index (χ1v) is 5.80. The van der Waals surface area contributed by atoms with Crippen molar-refractivity contribution in [2.24, 2.45) is 0 Å². The Bertz CT molecular complexity index is 350. The predicted octanol–water partition coefficient (Wildman–Crippen LogP) is 2.10. The summed E-state index contributed by atoms with van der Waals surface area (Å²) in [6.07, 6.45) is -0.0866. The van der Waals surface area contributed by atoms with Crippen molar-refractivity contribution in [3.63, 3.8) is 0 Å². The van der Waals surface area contributed by atoms with E-state index < -0.39 is 11.6 Å². The van der Waals surface area contributed by atoms with E-state index in [4.69, 9.17) is 9.47 Å². The SMILES string of the molecule is COC(CNC(C)Cc1c(F)cccc1F)OC. The van der Waals surface area contributed by atoms with Crippen LogP contribution >= 0.6 is 0 Å². The summed E-state index contributed by atoms with van der Waals surface area (Å²) >= 11 is 0. The van der Waals surface area contributed by atoms with Crippen LogP contribution in [-0.4, -0.2) is 33.1 Å². The first-order valence-electron chi connectivity index (χ1n) is 5.80.